The lowest BCUT2D eigenvalue weighted by Crippen LogP contribution is -2.44. The lowest BCUT2D eigenvalue weighted by molar-refractivity contribution is -0.123. The molecule has 0 radical (unpaired) electrons. The predicted octanol–water partition coefficient (Wildman–Crippen LogP) is 2.34. The zero-order valence-corrected chi connectivity index (χ0v) is 14.3. The van der Waals surface area contributed by atoms with E-state index in [1.165, 1.54) is 0 Å². The molecule has 4 nitrogen and oxygen atoms in total. The van der Waals surface area contributed by atoms with E-state index in [2.05, 4.69) is 17.1 Å². The molecule has 0 spiro atoms. The number of hydrogen-bond donors (Lipinski definition) is 2. The molecule has 1 fully saturated rings. The van der Waals surface area contributed by atoms with Crippen LogP contribution in [0.15, 0.2) is 30.3 Å². The Morgan fingerprint density at radius 2 is 1.86 bits per heavy atom. The summed E-state index contributed by atoms with van der Waals surface area (Å²) >= 11 is 0. The fraction of sp³-hybridized carbons (Fsp3) is 0.588. The number of carbonyl (C=O) groups is 1. The summed E-state index contributed by atoms with van der Waals surface area (Å²) in [6.07, 6.45) is 2.19. The Balaban J connectivity index is 0.00000242. The first kappa shape index (κ1) is 18.9. The van der Waals surface area contributed by atoms with Crippen molar-refractivity contribution in [2.24, 2.45) is 11.7 Å². The number of nitrogens with zero attached hydrogens (tertiary/aromatic N) is 1. The molecule has 124 valence electrons. The molecule has 2 unspecified atom stereocenters. The molecule has 1 aromatic rings. The Labute approximate surface area is 139 Å². The third kappa shape index (κ3) is 5.59. The molecule has 5 heteroatoms. The second-order valence-electron chi connectivity index (χ2n) is 6.17. The van der Waals surface area contributed by atoms with Crippen LogP contribution in [0.25, 0.3) is 0 Å². The molecule has 0 aliphatic carbocycles. The van der Waals surface area contributed by atoms with Crippen molar-refractivity contribution in [2.75, 3.05) is 19.6 Å². The highest BCUT2D eigenvalue weighted by Gasteiger charge is 2.23. The van der Waals surface area contributed by atoms with Crippen molar-refractivity contribution in [1.29, 1.82) is 0 Å². The molecule has 22 heavy (non-hydrogen) atoms. The fourth-order valence-electron chi connectivity index (χ4n) is 2.95. The number of halogens is 1. The number of amides is 1. The van der Waals surface area contributed by atoms with Gasteiger partial charge in [-0.1, -0.05) is 30.3 Å². The minimum Gasteiger partial charge on any atom is -0.348 e. The lowest BCUT2D eigenvalue weighted by atomic mass is 9.91. The first-order valence-corrected chi connectivity index (χ1v) is 7.88. The summed E-state index contributed by atoms with van der Waals surface area (Å²) in [4.78, 5) is 14.4. The standard InChI is InChI=1S/C17H27N3O.ClH/c1-13(18)15-8-10-20(11-9-15)12-17(21)19-14(2)16-6-4-3-5-7-16;/h3-7,13-15H,8-12,18H2,1-2H3,(H,19,21);1H. The van der Waals surface area contributed by atoms with Crippen molar-refractivity contribution < 1.29 is 4.79 Å². The molecule has 2 atom stereocenters. The summed E-state index contributed by atoms with van der Waals surface area (Å²) in [5, 5.41) is 3.07. The number of hydrogen-bond acceptors (Lipinski definition) is 3. The maximum absolute atomic E-state index is 12.1. The maximum atomic E-state index is 12.1. The molecule has 3 N–H and O–H groups in total. The zero-order valence-electron chi connectivity index (χ0n) is 13.5. The van der Waals surface area contributed by atoms with Gasteiger partial charge < -0.3 is 11.1 Å². The van der Waals surface area contributed by atoms with Crippen LogP contribution in [0.1, 0.15) is 38.3 Å². The van der Waals surface area contributed by atoms with Gasteiger partial charge in [-0.2, -0.15) is 0 Å². The van der Waals surface area contributed by atoms with Gasteiger partial charge in [0.05, 0.1) is 12.6 Å². The van der Waals surface area contributed by atoms with Gasteiger partial charge in [0.2, 0.25) is 5.91 Å². The summed E-state index contributed by atoms with van der Waals surface area (Å²) in [5.41, 5.74) is 7.09. The highest BCUT2D eigenvalue weighted by Crippen LogP contribution is 2.19. The van der Waals surface area contributed by atoms with Gasteiger partial charge in [0, 0.05) is 6.04 Å². The summed E-state index contributed by atoms with van der Waals surface area (Å²) in [7, 11) is 0. The lowest BCUT2D eigenvalue weighted by Gasteiger charge is -2.33. The van der Waals surface area contributed by atoms with Crippen LogP contribution in [-0.2, 0) is 4.79 Å². The van der Waals surface area contributed by atoms with Gasteiger partial charge >= 0.3 is 0 Å². The summed E-state index contributed by atoms with van der Waals surface area (Å²) in [5.74, 6) is 0.707. The quantitative estimate of drug-likeness (QED) is 0.873. The van der Waals surface area contributed by atoms with E-state index in [1.54, 1.807) is 0 Å². The Morgan fingerprint density at radius 3 is 2.41 bits per heavy atom. The summed E-state index contributed by atoms with van der Waals surface area (Å²) < 4.78 is 0. The van der Waals surface area contributed by atoms with Crippen LogP contribution in [0.3, 0.4) is 0 Å². The third-order valence-electron chi connectivity index (χ3n) is 4.42. The van der Waals surface area contributed by atoms with Crippen LogP contribution in [0.4, 0.5) is 0 Å². The zero-order chi connectivity index (χ0) is 15.2. The van der Waals surface area contributed by atoms with Crippen molar-refractivity contribution in [3.63, 3.8) is 0 Å². The average molecular weight is 326 g/mol. The van der Waals surface area contributed by atoms with Gasteiger partial charge in [0.15, 0.2) is 0 Å². The maximum Gasteiger partial charge on any atom is 0.234 e. The van der Waals surface area contributed by atoms with Crippen molar-refractivity contribution in [1.82, 2.24) is 10.2 Å². The molecule has 1 saturated heterocycles. The number of rotatable bonds is 5. The Bertz CT molecular complexity index is 444. The van der Waals surface area contributed by atoms with E-state index in [1.807, 2.05) is 37.3 Å². The molecule has 1 aliphatic rings. The monoisotopic (exact) mass is 325 g/mol. The highest BCUT2D eigenvalue weighted by atomic mass is 35.5. The first-order chi connectivity index (χ1) is 10.1. The van der Waals surface area contributed by atoms with Gasteiger partial charge in [-0.15, -0.1) is 12.4 Å². The second-order valence-corrected chi connectivity index (χ2v) is 6.17. The molecular weight excluding hydrogens is 298 g/mol. The van der Waals surface area contributed by atoms with E-state index < -0.39 is 0 Å². The molecule has 2 rings (SSSR count). The van der Waals surface area contributed by atoms with Gasteiger partial charge in [-0.05, 0) is 51.3 Å². The summed E-state index contributed by atoms with van der Waals surface area (Å²) in [6.45, 7) is 6.53. The number of nitrogens with two attached hydrogens (primary N) is 1. The fourth-order valence-corrected chi connectivity index (χ4v) is 2.95. The minimum absolute atomic E-state index is 0. The Kier molecular flexibility index (Phi) is 7.87. The van der Waals surface area contributed by atoms with Crippen LogP contribution in [0.5, 0.6) is 0 Å². The molecule has 1 amide bonds. The van der Waals surface area contributed by atoms with Gasteiger partial charge in [-0.25, -0.2) is 0 Å². The van der Waals surface area contributed by atoms with E-state index >= 15 is 0 Å². The van der Waals surface area contributed by atoms with Crippen molar-refractivity contribution in [2.45, 2.75) is 38.8 Å². The molecule has 0 bridgehead atoms. The highest BCUT2D eigenvalue weighted by molar-refractivity contribution is 5.85. The predicted molar refractivity (Wildman–Crippen MR) is 93.1 cm³/mol. The largest absolute Gasteiger partial charge is 0.348 e. The molecule has 1 aromatic carbocycles. The molecular formula is C17H28ClN3O. The second kappa shape index (κ2) is 9.13. The van der Waals surface area contributed by atoms with Crippen molar-refractivity contribution in [3.8, 4) is 0 Å². The average Bonchev–Trinajstić information content (AvgIpc) is 2.48. The molecule has 1 heterocycles. The Morgan fingerprint density at radius 1 is 1.27 bits per heavy atom. The first-order valence-electron chi connectivity index (χ1n) is 7.88. The van der Waals surface area contributed by atoms with Crippen molar-refractivity contribution >= 4 is 18.3 Å². The smallest absolute Gasteiger partial charge is 0.234 e. The number of benzene rings is 1. The SMILES string of the molecule is CC(NC(=O)CN1CCC(C(C)N)CC1)c1ccccc1.Cl. The number of likely N-dealkylation sites (tertiary alicyclic amines) is 1. The number of nitrogens with one attached hydrogen (secondary N) is 1. The number of carbonyl (C=O) groups excluding carboxylic acids is 1. The van der Waals surface area contributed by atoms with Crippen LogP contribution < -0.4 is 11.1 Å². The van der Waals surface area contributed by atoms with Crippen LogP contribution in [0.2, 0.25) is 0 Å². The van der Waals surface area contributed by atoms with Crippen LogP contribution in [-0.4, -0.2) is 36.5 Å². The molecule has 1 aliphatic heterocycles. The van der Waals surface area contributed by atoms with Crippen molar-refractivity contribution in [3.05, 3.63) is 35.9 Å². The normalized spacial score (nSPS) is 19.0. The van der Waals surface area contributed by atoms with Crippen LogP contribution >= 0.6 is 12.4 Å². The third-order valence-corrected chi connectivity index (χ3v) is 4.42. The minimum atomic E-state index is 0. The van der Waals surface area contributed by atoms with E-state index in [0.717, 1.165) is 31.5 Å². The van der Waals surface area contributed by atoms with Gasteiger partial charge in [-0.3, -0.25) is 9.69 Å². The van der Waals surface area contributed by atoms with E-state index in [4.69, 9.17) is 5.73 Å². The van der Waals surface area contributed by atoms with E-state index in [0.29, 0.717) is 12.5 Å². The molecule has 0 aromatic heterocycles. The number of piperidine rings is 1. The summed E-state index contributed by atoms with van der Waals surface area (Å²) in [6, 6.07) is 10.4. The topological polar surface area (TPSA) is 58.4 Å². The Hall–Kier alpha value is -1.10. The van der Waals surface area contributed by atoms with Gasteiger partial charge in [0.1, 0.15) is 0 Å². The van der Waals surface area contributed by atoms with E-state index in [-0.39, 0.29) is 30.4 Å². The molecule has 0 saturated carbocycles. The van der Waals surface area contributed by atoms with Gasteiger partial charge in [0.25, 0.3) is 0 Å². The van der Waals surface area contributed by atoms with E-state index in [9.17, 15) is 4.79 Å². The van der Waals surface area contributed by atoms with Crippen LogP contribution in [0, 0.1) is 5.92 Å².